The summed E-state index contributed by atoms with van der Waals surface area (Å²) in [5.74, 6) is 0. The van der Waals surface area contributed by atoms with E-state index in [0.717, 1.165) is 27.1 Å². The van der Waals surface area contributed by atoms with E-state index in [2.05, 4.69) is 23.4 Å². The number of thiophene rings is 2. The Labute approximate surface area is 135 Å². The molecule has 0 saturated carbocycles. The van der Waals surface area contributed by atoms with E-state index in [-0.39, 0.29) is 5.56 Å². The number of fused-ring (bicyclic) bond motifs is 1. The van der Waals surface area contributed by atoms with Crippen LogP contribution in [0.1, 0.15) is 27.8 Å². The van der Waals surface area contributed by atoms with E-state index in [1.165, 1.54) is 10.4 Å². The molecule has 0 saturated heterocycles. The molecule has 0 aliphatic rings. The molecule has 0 fully saturated rings. The van der Waals surface area contributed by atoms with Gasteiger partial charge in [-0.2, -0.15) is 0 Å². The van der Waals surface area contributed by atoms with Crippen LogP contribution in [-0.2, 0) is 13.0 Å². The van der Waals surface area contributed by atoms with E-state index < -0.39 is 0 Å². The van der Waals surface area contributed by atoms with Crippen molar-refractivity contribution in [1.82, 2.24) is 9.55 Å². The molecule has 0 radical (unpaired) electrons. The maximum Gasteiger partial charge on any atom is 0.263 e. The Hall–Kier alpha value is -1.24. The number of rotatable bonds is 3. The van der Waals surface area contributed by atoms with Gasteiger partial charge in [0.1, 0.15) is 4.83 Å². The average molecular weight is 337 g/mol. The second-order valence-corrected chi connectivity index (χ2v) is 7.64. The number of aromatic nitrogens is 2. The molecule has 0 unspecified atom stereocenters. The zero-order valence-electron chi connectivity index (χ0n) is 12.1. The molecule has 3 heterocycles. The lowest BCUT2D eigenvalue weighted by Gasteiger charge is -2.07. The summed E-state index contributed by atoms with van der Waals surface area (Å²) in [5.41, 5.74) is 2.37. The molecule has 3 nitrogen and oxygen atoms in total. The third-order valence-electron chi connectivity index (χ3n) is 3.83. The summed E-state index contributed by atoms with van der Waals surface area (Å²) >= 11 is 8.67. The first kappa shape index (κ1) is 14.7. The molecule has 110 valence electrons. The number of hydrogen-bond donors (Lipinski definition) is 1. The molecule has 0 aromatic carbocycles. The van der Waals surface area contributed by atoms with E-state index in [0.29, 0.717) is 11.3 Å². The fourth-order valence-corrected chi connectivity index (χ4v) is 4.80. The molecule has 0 bridgehead atoms. The predicted molar refractivity (Wildman–Crippen MR) is 93.5 cm³/mol. The summed E-state index contributed by atoms with van der Waals surface area (Å²) in [7, 11) is 0. The minimum Gasteiger partial charge on any atom is -0.323 e. The number of aromatic amines is 1. The first-order chi connectivity index (χ1) is 10.0. The van der Waals surface area contributed by atoms with Crippen molar-refractivity contribution in [3.63, 3.8) is 0 Å². The monoisotopic (exact) mass is 336 g/mol. The smallest absolute Gasteiger partial charge is 0.263 e. The Balaban J connectivity index is 2.21. The van der Waals surface area contributed by atoms with Gasteiger partial charge < -0.3 is 4.98 Å². The summed E-state index contributed by atoms with van der Waals surface area (Å²) in [4.78, 5) is 19.3. The standard InChI is InChI=1S/C15H16N2OS3/c1-4-10-5-6-20-11(10)7-17-14(18)12-8(2)9(3)21-13(12)16-15(17)19/h5-6H,4,7H2,1-3H3,(H,16,19). The van der Waals surface area contributed by atoms with E-state index in [9.17, 15) is 4.79 Å². The van der Waals surface area contributed by atoms with Gasteiger partial charge in [0.25, 0.3) is 5.56 Å². The third kappa shape index (κ3) is 2.41. The average Bonchev–Trinajstić information content (AvgIpc) is 3.00. The topological polar surface area (TPSA) is 37.8 Å². The number of aryl methyl sites for hydroxylation is 3. The van der Waals surface area contributed by atoms with Gasteiger partial charge in [0.05, 0.1) is 11.9 Å². The van der Waals surface area contributed by atoms with E-state index in [1.54, 1.807) is 27.2 Å². The molecular formula is C15H16N2OS3. The van der Waals surface area contributed by atoms with Crippen LogP contribution in [0.5, 0.6) is 0 Å². The molecule has 3 aromatic rings. The molecule has 1 N–H and O–H groups in total. The molecule has 3 rings (SSSR count). The van der Waals surface area contributed by atoms with Crippen LogP contribution < -0.4 is 5.56 Å². The van der Waals surface area contributed by atoms with Crippen LogP contribution in [-0.4, -0.2) is 9.55 Å². The molecule has 21 heavy (non-hydrogen) atoms. The highest BCUT2D eigenvalue weighted by Crippen LogP contribution is 2.26. The fraction of sp³-hybridized carbons (Fsp3) is 0.333. The minimum atomic E-state index is 0.0195. The van der Waals surface area contributed by atoms with Gasteiger partial charge in [-0.25, -0.2) is 0 Å². The van der Waals surface area contributed by atoms with Gasteiger partial charge in [0.15, 0.2) is 4.77 Å². The summed E-state index contributed by atoms with van der Waals surface area (Å²) in [6.45, 7) is 6.72. The lowest BCUT2D eigenvalue weighted by atomic mass is 10.2. The Morgan fingerprint density at radius 3 is 2.86 bits per heavy atom. The number of H-pyrrole nitrogens is 1. The van der Waals surface area contributed by atoms with Crippen molar-refractivity contribution in [2.75, 3.05) is 0 Å². The largest absolute Gasteiger partial charge is 0.323 e. The first-order valence-electron chi connectivity index (χ1n) is 6.81. The van der Waals surface area contributed by atoms with Crippen molar-refractivity contribution in [3.8, 4) is 0 Å². The zero-order valence-corrected chi connectivity index (χ0v) is 14.6. The maximum absolute atomic E-state index is 12.8. The molecular weight excluding hydrogens is 320 g/mol. The predicted octanol–water partition coefficient (Wildman–Crippen LogP) is 4.41. The second-order valence-electron chi connectivity index (χ2n) is 5.03. The molecule has 6 heteroatoms. The van der Waals surface area contributed by atoms with E-state index in [4.69, 9.17) is 12.2 Å². The molecule has 0 amide bonds. The van der Waals surface area contributed by atoms with Crippen molar-refractivity contribution < 1.29 is 0 Å². The van der Waals surface area contributed by atoms with Crippen LogP contribution in [0.4, 0.5) is 0 Å². The van der Waals surface area contributed by atoms with Gasteiger partial charge in [-0.3, -0.25) is 9.36 Å². The van der Waals surface area contributed by atoms with Crippen LogP contribution >= 0.6 is 34.9 Å². The van der Waals surface area contributed by atoms with Gasteiger partial charge in [0.2, 0.25) is 0 Å². The molecule has 0 aliphatic heterocycles. The highest BCUT2D eigenvalue weighted by molar-refractivity contribution is 7.71. The Bertz CT molecular complexity index is 927. The summed E-state index contributed by atoms with van der Waals surface area (Å²) in [5, 5.41) is 2.85. The highest BCUT2D eigenvalue weighted by atomic mass is 32.1. The Morgan fingerprint density at radius 2 is 2.14 bits per heavy atom. The number of nitrogens with zero attached hydrogens (tertiary/aromatic N) is 1. The SMILES string of the molecule is CCc1ccsc1Cn1c(=S)[nH]c2sc(C)c(C)c2c1=O. The Morgan fingerprint density at radius 1 is 1.38 bits per heavy atom. The molecule has 0 atom stereocenters. The number of nitrogens with one attached hydrogen (secondary N) is 1. The Kier molecular flexibility index (Phi) is 3.86. The minimum absolute atomic E-state index is 0.0195. The van der Waals surface area contributed by atoms with E-state index >= 15 is 0 Å². The summed E-state index contributed by atoms with van der Waals surface area (Å²) in [6.07, 6.45) is 0.975. The summed E-state index contributed by atoms with van der Waals surface area (Å²) in [6, 6.07) is 2.12. The van der Waals surface area contributed by atoms with Crippen LogP contribution in [0, 0.1) is 18.6 Å². The number of hydrogen-bond acceptors (Lipinski definition) is 4. The maximum atomic E-state index is 12.8. The third-order valence-corrected chi connectivity index (χ3v) is 6.22. The van der Waals surface area contributed by atoms with Gasteiger partial charge in [-0.15, -0.1) is 22.7 Å². The lowest BCUT2D eigenvalue weighted by molar-refractivity contribution is 0.739. The van der Waals surface area contributed by atoms with Crippen molar-refractivity contribution in [2.45, 2.75) is 33.7 Å². The normalized spacial score (nSPS) is 11.4. The van der Waals surface area contributed by atoms with Crippen molar-refractivity contribution in [2.24, 2.45) is 0 Å². The van der Waals surface area contributed by atoms with Gasteiger partial charge in [0, 0.05) is 9.75 Å². The fourth-order valence-electron chi connectivity index (χ4n) is 2.47. The van der Waals surface area contributed by atoms with Crippen molar-refractivity contribution in [3.05, 3.63) is 47.5 Å². The zero-order chi connectivity index (χ0) is 15.1. The van der Waals surface area contributed by atoms with Crippen LogP contribution in [0.25, 0.3) is 10.2 Å². The van der Waals surface area contributed by atoms with Crippen LogP contribution in [0.3, 0.4) is 0 Å². The summed E-state index contributed by atoms with van der Waals surface area (Å²) < 4.78 is 2.19. The van der Waals surface area contributed by atoms with Crippen LogP contribution in [0.2, 0.25) is 0 Å². The van der Waals surface area contributed by atoms with Gasteiger partial charge in [-0.1, -0.05) is 6.92 Å². The molecule has 0 aliphatic carbocycles. The second kappa shape index (κ2) is 5.51. The lowest BCUT2D eigenvalue weighted by Crippen LogP contribution is -2.22. The van der Waals surface area contributed by atoms with Crippen molar-refractivity contribution in [1.29, 1.82) is 0 Å². The van der Waals surface area contributed by atoms with Gasteiger partial charge >= 0.3 is 0 Å². The molecule has 3 aromatic heterocycles. The van der Waals surface area contributed by atoms with E-state index in [1.807, 2.05) is 13.8 Å². The first-order valence-corrected chi connectivity index (χ1v) is 8.91. The molecule has 0 spiro atoms. The van der Waals surface area contributed by atoms with Crippen molar-refractivity contribution >= 4 is 45.1 Å². The van der Waals surface area contributed by atoms with Crippen LogP contribution in [0.15, 0.2) is 16.2 Å². The van der Waals surface area contributed by atoms with Gasteiger partial charge in [-0.05, 0) is 55.1 Å². The quantitative estimate of drug-likeness (QED) is 0.719. The highest BCUT2D eigenvalue weighted by Gasteiger charge is 2.14.